The molecule has 2 nitrogen and oxygen atoms in total. The molecule has 0 aliphatic rings. The molecule has 0 N–H and O–H groups in total. The van der Waals surface area contributed by atoms with Gasteiger partial charge in [-0.25, -0.2) is 0 Å². The summed E-state index contributed by atoms with van der Waals surface area (Å²) in [7, 11) is 0. The molecule has 0 bridgehead atoms. The maximum absolute atomic E-state index is 8.00. The Bertz CT molecular complexity index is 452. The topological polar surface area (TPSA) is 26.3 Å². The Labute approximate surface area is 108 Å². The number of para-hydroxylation sites is 1. The van der Waals surface area contributed by atoms with Gasteiger partial charge >= 0.3 is 0 Å². The summed E-state index contributed by atoms with van der Waals surface area (Å²) in [5.41, 5.74) is 2.46. The molecule has 0 amide bonds. The van der Waals surface area contributed by atoms with Gasteiger partial charge in [-0.3, -0.25) is 0 Å². The van der Waals surface area contributed by atoms with Crippen molar-refractivity contribution in [1.82, 2.24) is 0 Å². The van der Waals surface area contributed by atoms with Crippen molar-refractivity contribution >= 4 is 6.79 Å². The van der Waals surface area contributed by atoms with Crippen LogP contribution in [-0.4, -0.2) is 6.79 Å². The quantitative estimate of drug-likeness (QED) is 0.818. The van der Waals surface area contributed by atoms with E-state index in [9.17, 15) is 0 Å². The number of ether oxygens (including phenoxy) is 1. The molecule has 2 heteroatoms. The summed E-state index contributed by atoms with van der Waals surface area (Å²) in [6.45, 7) is 4.78. The van der Waals surface area contributed by atoms with Crippen LogP contribution in [0.4, 0.5) is 0 Å². The molecular weight excluding hydrogens is 224 g/mol. The van der Waals surface area contributed by atoms with Crippen LogP contribution < -0.4 is 4.74 Å². The Hall–Kier alpha value is -2.09. The predicted octanol–water partition coefficient (Wildman–Crippen LogP) is 3.64. The van der Waals surface area contributed by atoms with Crippen LogP contribution in [0.1, 0.15) is 18.1 Å². The fraction of sp³-hybridized carbons (Fsp3) is 0.188. The monoisotopic (exact) mass is 242 g/mol. The number of hydrogen-bond acceptors (Lipinski definition) is 2. The Morgan fingerprint density at radius 3 is 2.22 bits per heavy atom. The first-order chi connectivity index (χ1) is 8.90. The van der Waals surface area contributed by atoms with E-state index in [-0.39, 0.29) is 0 Å². The first kappa shape index (κ1) is 14.0. The standard InChI is InChI=1S/C15H16O.CH2O/c1-2-14-10-6-7-11-15(14)16-12-13-8-4-3-5-9-13;1-2/h3-11H,2,12H2,1H3;1H2. The van der Waals surface area contributed by atoms with E-state index >= 15 is 0 Å². The van der Waals surface area contributed by atoms with Crippen molar-refractivity contribution < 1.29 is 9.53 Å². The molecular formula is C16H18O2. The Balaban J connectivity index is 0.000000771. The summed E-state index contributed by atoms with van der Waals surface area (Å²) in [5.74, 6) is 0.994. The van der Waals surface area contributed by atoms with Gasteiger partial charge < -0.3 is 9.53 Å². The minimum absolute atomic E-state index is 0.637. The summed E-state index contributed by atoms with van der Waals surface area (Å²) >= 11 is 0. The van der Waals surface area contributed by atoms with Crippen LogP contribution in [0, 0.1) is 0 Å². The minimum Gasteiger partial charge on any atom is -0.489 e. The third-order valence-electron chi connectivity index (χ3n) is 2.59. The van der Waals surface area contributed by atoms with Crippen LogP contribution >= 0.6 is 0 Å². The smallest absolute Gasteiger partial charge is 0.122 e. The third kappa shape index (κ3) is 4.06. The molecule has 2 aromatic carbocycles. The first-order valence-corrected chi connectivity index (χ1v) is 5.93. The third-order valence-corrected chi connectivity index (χ3v) is 2.59. The second-order valence-corrected chi connectivity index (χ2v) is 3.74. The molecule has 0 atom stereocenters. The summed E-state index contributed by atoms with van der Waals surface area (Å²) in [6.07, 6.45) is 1.00. The average Bonchev–Trinajstić information content (AvgIpc) is 2.48. The maximum atomic E-state index is 8.00. The van der Waals surface area contributed by atoms with Crippen LogP contribution in [0.25, 0.3) is 0 Å². The zero-order valence-electron chi connectivity index (χ0n) is 10.6. The van der Waals surface area contributed by atoms with Gasteiger partial charge in [0.25, 0.3) is 0 Å². The van der Waals surface area contributed by atoms with Crippen LogP contribution in [0.2, 0.25) is 0 Å². The fourth-order valence-electron chi connectivity index (χ4n) is 1.67. The SMILES string of the molecule is C=O.CCc1ccccc1OCc1ccccc1. The van der Waals surface area contributed by atoms with Gasteiger partial charge in [-0.05, 0) is 23.6 Å². The van der Waals surface area contributed by atoms with Crippen molar-refractivity contribution in [1.29, 1.82) is 0 Å². The Kier molecular flexibility index (Phi) is 6.26. The van der Waals surface area contributed by atoms with E-state index in [1.807, 2.05) is 43.2 Å². The van der Waals surface area contributed by atoms with Crippen molar-refractivity contribution in [2.75, 3.05) is 0 Å². The number of aryl methyl sites for hydroxylation is 1. The van der Waals surface area contributed by atoms with Gasteiger partial charge in [0.2, 0.25) is 0 Å². The highest BCUT2D eigenvalue weighted by molar-refractivity contribution is 5.33. The molecule has 0 unspecified atom stereocenters. The average molecular weight is 242 g/mol. The van der Waals surface area contributed by atoms with E-state index in [1.165, 1.54) is 11.1 Å². The zero-order valence-corrected chi connectivity index (χ0v) is 10.6. The number of carbonyl (C=O) groups is 1. The minimum atomic E-state index is 0.637. The van der Waals surface area contributed by atoms with Gasteiger partial charge in [-0.1, -0.05) is 55.5 Å². The van der Waals surface area contributed by atoms with Crippen LogP contribution in [-0.2, 0) is 17.8 Å². The second kappa shape index (κ2) is 8.07. The molecule has 0 aliphatic heterocycles. The number of rotatable bonds is 4. The predicted molar refractivity (Wildman–Crippen MR) is 73.7 cm³/mol. The van der Waals surface area contributed by atoms with Crippen LogP contribution in [0.15, 0.2) is 54.6 Å². The summed E-state index contributed by atoms with van der Waals surface area (Å²) in [5, 5.41) is 0. The van der Waals surface area contributed by atoms with Gasteiger partial charge in [0.1, 0.15) is 19.1 Å². The molecule has 0 heterocycles. The fourth-order valence-corrected chi connectivity index (χ4v) is 1.67. The molecule has 0 aromatic heterocycles. The van der Waals surface area contributed by atoms with Gasteiger partial charge in [0.15, 0.2) is 0 Å². The molecule has 0 radical (unpaired) electrons. The molecule has 18 heavy (non-hydrogen) atoms. The number of carbonyl (C=O) groups excluding carboxylic acids is 1. The van der Waals surface area contributed by atoms with Gasteiger partial charge in [0, 0.05) is 0 Å². The first-order valence-electron chi connectivity index (χ1n) is 5.93. The van der Waals surface area contributed by atoms with Crippen molar-refractivity contribution in [3.63, 3.8) is 0 Å². The molecule has 0 saturated carbocycles. The maximum Gasteiger partial charge on any atom is 0.122 e. The molecule has 0 spiro atoms. The lowest BCUT2D eigenvalue weighted by atomic mass is 10.1. The van der Waals surface area contributed by atoms with Gasteiger partial charge in [-0.2, -0.15) is 0 Å². The van der Waals surface area contributed by atoms with Gasteiger partial charge in [-0.15, -0.1) is 0 Å². The van der Waals surface area contributed by atoms with Crippen LogP contribution in [0.5, 0.6) is 5.75 Å². The molecule has 2 rings (SSSR count). The van der Waals surface area contributed by atoms with E-state index in [0.29, 0.717) is 6.61 Å². The van der Waals surface area contributed by atoms with E-state index in [1.54, 1.807) is 0 Å². The second-order valence-electron chi connectivity index (χ2n) is 3.74. The molecule has 94 valence electrons. The van der Waals surface area contributed by atoms with E-state index in [4.69, 9.17) is 9.53 Å². The largest absolute Gasteiger partial charge is 0.489 e. The summed E-state index contributed by atoms with van der Waals surface area (Å²) in [4.78, 5) is 8.00. The van der Waals surface area contributed by atoms with E-state index < -0.39 is 0 Å². The lowest BCUT2D eigenvalue weighted by Gasteiger charge is -2.09. The highest BCUT2D eigenvalue weighted by Crippen LogP contribution is 2.19. The van der Waals surface area contributed by atoms with Crippen LogP contribution in [0.3, 0.4) is 0 Å². The Morgan fingerprint density at radius 1 is 0.944 bits per heavy atom. The Morgan fingerprint density at radius 2 is 1.56 bits per heavy atom. The lowest BCUT2D eigenvalue weighted by molar-refractivity contribution is -0.0979. The van der Waals surface area contributed by atoms with Gasteiger partial charge in [0.05, 0.1) is 0 Å². The highest BCUT2D eigenvalue weighted by atomic mass is 16.5. The summed E-state index contributed by atoms with van der Waals surface area (Å²) in [6, 6.07) is 18.4. The summed E-state index contributed by atoms with van der Waals surface area (Å²) < 4.78 is 5.81. The molecule has 0 aliphatic carbocycles. The lowest BCUT2D eigenvalue weighted by Crippen LogP contribution is -1.97. The van der Waals surface area contributed by atoms with Crippen molar-refractivity contribution in [2.24, 2.45) is 0 Å². The molecule has 0 fully saturated rings. The number of hydrogen-bond donors (Lipinski definition) is 0. The molecule has 2 aromatic rings. The zero-order chi connectivity index (χ0) is 13.2. The molecule has 0 saturated heterocycles. The normalized spacial score (nSPS) is 9.17. The van der Waals surface area contributed by atoms with Crippen molar-refractivity contribution in [3.05, 3.63) is 65.7 Å². The van der Waals surface area contributed by atoms with Crippen molar-refractivity contribution in [3.8, 4) is 5.75 Å². The van der Waals surface area contributed by atoms with E-state index in [2.05, 4.69) is 25.1 Å². The van der Waals surface area contributed by atoms with Crippen molar-refractivity contribution in [2.45, 2.75) is 20.0 Å². The highest BCUT2D eigenvalue weighted by Gasteiger charge is 2.00. The van der Waals surface area contributed by atoms with E-state index in [0.717, 1.165) is 12.2 Å². The number of benzene rings is 2.